The van der Waals surface area contributed by atoms with Gasteiger partial charge in [0.05, 0.1) is 16.8 Å². The SMILES string of the molecule is Cc1ncc(C(=O)Nc2ccc(N3CCCC3)c(C(=O)N3CCCC3)c2)c(C)n1. The van der Waals surface area contributed by atoms with Gasteiger partial charge in [-0.15, -0.1) is 0 Å². The second-order valence-corrected chi connectivity index (χ2v) is 7.80. The van der Waals surface area contributed by atoms with Crippen LogP contribution in [0.25, 0.3) is 0 Å². The first-order valence-corrected chi connectivity index (χ1v) is 10.3. The van der Waals surface area contributed by atoms with E-state index in [1.807, 2.05) is 23.1 Å². The van der Waals surface area contributed by atoms with Crippen LogP contribution < -0.4 is 10.2 Å². The molecule has 7 nitrogen and oxygen atoms in total. The summed E-state index contributed by atoms with van der Waals surface area (Å²) in [6, 6.07) is 5.65. The van der Waals surface area contributed by atoms with Crippen LogP contribution in [-0.2, 0) is 0 Å². The number of rotatable bonds is 4. The number of benzene rings is 1. The van der Waals surface area contributed by atoms with E-state index in [0.717, 1.165) is 57.5 Å². The molecule has 29 heavy (non-hydrogen) atoms. The highest BCUT2D eigenvalue weighted by Crippen LogP contribution is 2.29. The first-order chi connectivity index (χ1) is 14.0. The molecule has 7 heteroatoms. The molecule has 0 unspecified atom stereocenters. The van der Waals surface area contributed by atoms with Crippen molar-refractivity contribution in [2.75, 3.05) is 36.4 Å². The maximum atomic E-state index is 13.2. The highest BCUT2D eigenvalue weighted by Gasteiger charge is 2.26. The second-order valence-electron chi connectivity index (χ2n) is 7.80. The van der Waals surface area contributed by atoms with E-state index in [1.165, 1.54) is 0 Å². The third-order valence-corrected chi connectivity index (χ3v) is 5.67. The van der Waals surface area contributed by atoms with Gasteiger partial charge in [-0.05, 0) is 57.7 Å². The molecule has 1 N–H and O–H groups in total. The van der Waals surface area contributed by atoms with Gasteiger partial charge in [-0.2, -0.15) is 0 Å². The fourth-order valence-corrected chi connectivity index (χ4v) is 4.11. The lowest BCUT2D eigenvalue weighted by Crippen LogP contribution is -2.30. The van der Waals surface area contributed by atoms with Gasteiger partial charge in [-0.1, -0.05) is 0 Å². The standard InChI is InChI=1S/C22H27N5O2/c1-15-19(14-23-16(2)24-15)21(28)25-17-7-8-20(26-9-3-4-10-26)18(13-17)22(29)27-11-5-6-12-27/h7-8,13-14H,3-6,9-12H2,1-2H3,(H,25,28). The minimum atomic E-state index is -0.268. The third kappa shape index (κ3) is 4.09. The zero-order valence-corrected chi connectivity index (χ0v) is 17.1. The number of aromatic nitrogens is 2. The summed E-state index contributed by atoms with van der Waals surface area (Å²) in [5.74, 6) is 0.416. The second kappa shape index (κ2) is 8.19. The lowest BCUT2D eigenvalue weighted by Gasteiger charge is -2.24. The van der Waals surface area contributed by atoms with E-state index >= 15 is 0 Å². The van der Waals surface area contributed by atoms with Crippen LogP contribution in [0.15, 0.2) is 24.4 Å². The minimum absolute atomic E-state index is 0.0512. The van der Waals surface area contributed by atoms with Crippen molar-refractivity contribution in [2.45, 2.75) is 39.5 Å². The molecule has 1 aromatic heterocycles. The van der Waals surface area contributed by atoms with Gasteiger partial charge >= 0.3 is 0 Å². The number of anilines is 2. The number of carbonyl (C=O) groups is 2. The zero-order valence-electron chi connectivity index (χ0n) is 17.1. The van der Waals surface area contributed by atoms with Crippen molar-refractivity contribution in [2.24, 2.45) is 0 Å². The molecule has 0 radical (unpaired) electrons. The van der Waals surface area contributed by atoms with Crippen LogP contribution in [0.4, 0.5) is 11.4 Å². The highest BCUT2D eigenvalue weighted by molar-refractivity contribution is 6.06. The number of aryl methyl sites for hydroxylation is 2. The number of nitrogens with one attached hydrogen (secondary N) is 1. The van der Waals surface area contributed by atoms with E-state index in [4.69, 9.17) is 0 Å². The van der Waals surface area contributed by atoms with Crippen molar-refractivity contribution < 1.29 is 9.59 Å². The van der Waals surface area contributed by atoms with Crippen LogP contribution in [0, 0.1) is 13.8 Å². The normalized spacial score (nSPS) is 16.3. The van der Waals surface area contributed by atoms with Gasteiger partial charge < -0.3 is 15.1 Å². The van der Waals surface area contributed by atoms with E-state index in [1.54, 1.807) is 20.0 Å². The van der Waals surface area contributed by atoms with Crippen molar-refractivity contribution in [3.05, 3.63) is 47.0 Å². The molecule has 2 amide bonds. The molecule has 2 aliphatic heterocycles. The van der Waals surface area contributed by atoms with Crippen molar-refractivity contribution in [1.29, 1.82) is 0 Å². The number of hydrogen-bond acceptors (Lipinski definition) is 5. The largest absolute Gasteiger partial charge is 0.371 e. The predicted molar refractivity (Wildman–Crippen MR) is 112 cm³/mol. The van der Waals surface area contributed by atoms with Gasteiger partial charge in [0.1, 0.15) is 5.82 Å². The maximum Gasteiger partial charge on any atom is 0.259 e. The molecule has 0 bridgehead atoms. The topological polar surface area (TPSA) is 78.4 Å². The van der Waals surface area contributed by atoms with Gasteiger partial charge in [0, 0.05) is 43.8 Å². The van der Waals surface area contributed by atoms with E-state index in [-0.39, 0.29) is 11.8 Å². The summed E-state index contributed by atoms with van der Waals surface area (Å²) in [7, 11) is 0. The van der Waals surface area contributed by atoms with Gasteiger partial charge in [0.2, 0.25) is 0 Å². The molecular formula is C22H27N5O2. The Morgan fingerprint density at radius 1 is 0.966 bits per heavy atom. The molecule has 0 spiro atoms. The van der Waals surface area contributed by atoms with E-state index < -0.39 is 0 Å². The molecule has 3 heterocycles. The van der Waals surface area contributed by atoms with Crippen LogP contribution >= 0.6 is 0 Å². The highest BCUT2D eigenvalue weighted by atomic mass is 16.2. The summed E-state index contributed by atoms with van der Waals surface area (Å²) in [5, 5.41) is 2.91. The molecule has 0 aliphatic carbocycles. The quantitative estimate of drug-likeness (QED) is 0.863. The van der Waals surface area contributed by atoms with Gasteiger partial charge in [-0.3, -0.25) is 9.59 Å². The Morgan fingerprint density at radius 2 is 1.66 bits per heavy atom. The van der Waals surface area contributed by atoms with E-state index in [2.05, 4.69) is 20.2 Å². The number of nitrogens with zero attached hydrogens (tertiary/aromatic N) is 4. The number of carbonyl (C=O) groups excluding carboxylic acids is 2. The Morgan fingerprint density at radius 3 is 2.34 bits per heavy atom. The molecule has 0 saturated carbocycles. The van der Waals surface area contributed by atoms with Crippen molar-refractivity contribution >= 4 is 23.2 Å². The zero-order chi connectivity index (χ0) is 20.4. The average Bonchev–Trinajstić information content (AvgIpc) is 3.41. The van der Waals surface area contributed by atoms with Crippen LogP contribution in [0.2, 0.25) is 0 Å². The van der Waals surface area contributed by atoms with Crippen molar-refractivity contribution in [3.63, 3.8) is 0 Å². The monoisotopic (exact) mass is 393 g/mol. The van der Waals surface area contributed by atoms with Gasteiger partial charge in [0.25, 0.3) is 11.8 Å². The Balaban J connectivity index is 1.62. The van der Waals surface area contributed by atoms with Gasteiger partial charge in [0.15, 0.2) is 0 Å². The Labute approximate surface area is 171 Å². The predicted octanol–water partition coefficient (Wildman–Crippen LogP) is 3.18. The molecule has 152 valence electrons. The van der Waals surface area contributed by atoms with E-state index in [0.29, 0.717) is 28.3 Å². The van der Waals surface area contributed by atoms with Crippen molar-refractivity contribution in [3.8, 4) is 0 Å². The van der Waals surface area contributed by atoms with Crippen LogP contribution in [0.5, 0.6) is 0 Å². The number of likely N-dealkylation sites (tertiary alicyclic amines) is 1. The molecule has 2 saturated heterocycles. The molecular weight excluding hydrogens is 366 g/mol. The Hall–Kier alpha value is -2.96. The van der Waals surface area contributed by atoms with Crippen LogP contribution in [0.1, 0.15) is 57.9 Å². The Kier molecular flexibility index (Phi) is 5.47. The molecule has 1 aromatic carbocycles. The van der Waals surface area contributed by atoms with E-state index in [9.17, 15) is 9.59 Å². The molecule has 2 aliphatic rings. The molecule has 2 fully saturated rings. The maximum absolute atomic E-state index is 13.2. The van der Waals surface area contributed by atoms with Gasteiger partial charge in [-0.25, -0.2) is 9.97 Å². The summed E-state index contributed by atoms with van der Waals surface area (Å²) in [6.45, 7) is 7.12. The van der Waals surface area contributed by atoms with Crippen LogP contribution in [-0.4, -0.2) is 52.9 Å². The first-order valence-electron chi connectivity index (χ1n) is 10.3. The molecule has 2 aromatic rings. The summed E-state index contributed by atoms with van der Waals surface area (Å²) >= 11 is 0. The first kappa shape index (κ1) is 19.4. The van der Waals surface area contributed by atoms with Crippen LogP contribution in [0.3, 0.4) is 0 Å². The number of hydrogen-bond donors (Lipinski definition) is 1. The summed E-state index contributed by atoms with van der Waals surface area (Å²) in [4.78, 5) is 38.5. The lowest BCUT2D eigenvalue weighted by molar-refractivity contribution is 0.0793. The summed E-state index contributed by atoms with van der Waals surface area (Å²) < 4.78 is 0. The third-order valence-electron chi connectivity index (χ3n) is 5.67. The summed E-state index contributed by atoms with van der Waals surface area (Å²) in [5.41, 5.74) is 3.32. The number of amides is 2. The lowest BCUT2D eigenvalue weighted by atomic mass is 10.1. The Bertz CT molecular complexity index is 931. The molecule has 0 atom stereocenters. The fourth-order valence-electron chi connectivity index (χ4n) is 4.11. The fraction of sp³-hybridized carbons (Fsp3) is 0.455. The smallest absolute Gasteiger partial charge is 0.259 e. The minimum Gasteiger partial charge on any atom is -0.371 e. The van der Waals surface area contributed by atoms with Crippen molar-refractivity contribution in [1.82, 2.24) is 14.9 Å². The summed E-state index contributed by atoms with van der Waals surface area (Å²) in [6.07, 6.45) is 5.93. The molecule has 4 rings (SSSR count). The average molecular weight is 393 g/mol.